The Labute approximate surface area is 130 Å². The molecule has 5 heteroatoms. The second-order valence-corrected chi connectivity index (χ2v) is 5.55. The van der Waals surface area contributed by atoms with Crippen molar-refractivity contribution in [3.63, 3.8) is 0 Å². The highest BCUT2D eigenvalue weighted by Crippen LogP contribution is 2.29. The van der Waals surface area contributed by atoms with Gasteiger partial charge in [-0.05, 0) is 12.1 Å². The van der Waals surface area contributed by atoms with Gasteiger partial charge in [0.1, 0.15) is 5.82 Å². The summed E-state index contributed by atoms with van der Waals surface area (Å²) in [6, 6.07) is 7.86. The lowest BCUT2D eigenvalue weighted by molar-refractivity contribution is 0.588. The van der Waals surface area contributed by atoms with Crippen LogP contribution in [0.15, 0.2) is 30.5 Å². The van der Waals surface area contributed by atoms with Gasteiger partial charge in [-0.3, -0.25) is 0 Å². The lowest BCUT2D eigenvalue weighted by Crippen LogP contribution is -2.43. The van der Waals surface area contributed by atoms with Crippen LogP contribution in [0.3, 0.4) is 0 Å². The number of rotatable bonds is 3. The van der Waals surface area contributed by atoms with Crippen LogP contribution < -0.4 is 10.2 Å². The summed E-state index contributed by atoms with van der Waals surface area (Å²) in [5.74, 6) is 0.874. The number of hydrogen-bond donors (Lipinski definition) is 1. The zero-order valence-electron chi connectivity index (χ0n) is 12.1. The lowest BCUT2D eigenvalue weighted by atomic mass is 10.1. The Balaban J connectivity index is 2.04. The molecule has 0 atom stereocenters. The Morgan fingerprint density at radius 2 is 1.90 bits per heavy atom. The highest BCUT2D eigenvalue weighted by Gasteiger charge is 2.17. The molecule has 1 aliphatic heterocycles. The van der Waals surface area contributed by atoms with E-state index in [1.54, 1.807) is 0 Å². The molecule has 3 rings (SSSR count). The number of aryl methyl sites for hydroxylation is 1. The summed E-state index contributed by atoms with van der Waals surface area (Å²) in [6.07, 6.45) is 2.80. The van der Waals surface area contributed by atoms with Crippen molar-refractivity contribution in [3.8, 4) is 11.3 Å². The summed E-state index contributed by atoms with van der Waals surface area (Å²) in [5, 5.41) is 4.12. The van der Waals surface area contributed by atoms with Crippen molar-refractivity contribution in [2.24, 2.45) is 0 Å². The van der Waals surface area contributed by atoms with E-state index in [2.05, 4.69) is 22.1 Å². The van der Waals surface area contributed by atoms with Crippen LogP contribution in [0.5, 0.6) is 0 Å². The van der Waals surface area contributed by atoms with Crippen molar-refractivity contribution in [2.75, 3.05) is 31.1 Å². The molecule has 1 saturated heterocycles. The molecule has 0 amide bonds. The monoisotopic (exact) mass is 302 g/mol. The van der Waals surface area contributed by atoms with Crippen molar-refractivity contribution >= 4 is 17.3 Å². The van der Waals surface area contributed by atoms with Gasteiger partial charge in [0.25, 0.3) is 0 Å². The second kappa shape index (κ2) is 6.41. The molecular weight excluding hydrogens is 284 g/mol. The van der Waals surface area contributed by atoms with E-state index in [4.69, 9.17) is 16.6 Å². The normalized spacial score (nSPS) is 15.2. The van der Waals surface area contributed by atoms with Gasteiger partial charge in [-0.1, -0.05) is 30.7 Å². The van der Waals surface area contributed by atoms with E-state index in [9.17, 15) is 0 Å². The van der Waals surface area contributed by atoms with E-state index in [1.165, 1.54) is 0 Å². The Morgan fingerprint density at radius 1 is 1.19 bits per heavy atom. The van der Waals surface area contributed by atoms with Gasteiger partial charge in [0.15, 0.2) is 0 Å². The third-order valence-electron chi connectivity index (χ3n) is 3.71. The Morgan fingerprint density at radius 3 is 2.57 bits per heavy atom. The predicted molar refractivity (Wildman–Crippen MR) is 86.9 cm³/mol. The standard InChI is InChI=1S/C16H19ClN4/c1-2-15-19-11-14(21-9-7-18-8-10-21)16(20-15)12-3-5-13(17)6-4-12/h3-6,11,18H,2,7-10H2,1H3. The first-order valence-corrected chi connectivity index (χ1v) is 7.73. The van der Waals surface area contributed by atoms with E-state index >= 15 is 0 Å². The van der Waals surface area contributed by atoms with Gasteiger partial charge >= 0.3 is 0 Å². The summed E-state index contributed by atoms with van der Waals surface area (Å²) in [4.78, 5) is 11.6. The summed E-state index contributed by atoms with van der Waals surface area (Å²) >= 11 is 5.99. The van der Waals surface area contributed by atoms with Gasteiger partial charge in [0.05, 0.1) is 17.6 Å². The fraction of sp³-hybridized carbons (Fsp3) is 0.375. The number of benzene rings is 1. The summed E-state index contributed by atoms with van der Waals surface area (Å²) < 4.78 is 0. The summed E-state index contributed by atoms with van der Waals surface area (Å²) in [6.45, 7) is 6.03. The minimum atomic E-state index is 0.743. The van der Waals surface area contributed by atoms with Crippen molar-refractivity contribution in [2.45, 2.75) is 13.3 Å². The molecule has 0 unspecified atom stereocenters. The van der Waals surface area contributed by atoms with E-state index in [0.29, 0.717) is 0 Å². The van der Waals surface area contributed by atoms with E-state index in [0.717, 1.165) is 60.4 Å². The maximum Gasteiger partial charge on any atom is 0.128 e. The largest absolute Gasteiger partial charge is 0.366 e. The number of aromatic nitrogens is 2. The van der Waals surface area contributed by atoms with Gasteiger partial charge in [0.2, 0.25) is 0 Å². The molecule has 1 aliphatic rings. The van der Waals surface area contributed by atoms with Gasteiger partial charge in [-0.25, -0.2) is 9.97 Å². The van der Waals surface area contributed by atoms with Crippen molar-refractivity contribution in [1.29, 1.82) is 0 Å². The molecule has 0 spiro atoms. The van der Waals surface area contributed by atoms with Crippen molar-refractivity contribution < 1.29 is 0 Å². The molecular formula is C16H19ClN4. The lowest BCUT2D eigenvalue weighted by Gasteiger charge is -2.30. The smallest absolute Gasteiger partial charge is 0.128 e. The maximum absolute atomic E-state index is 5.99. The van der Waals surface area contributed by atoms with Crippen LogP contribution >= 0.6 is 11.6 Å². The maximum atomic E-state index is 5.99. The molecule has 0 aliphatic carbocycles. The molecule has 1 aromatic carbocycles. The minimum Gasteiger partial charge on any atom is -0.366 e. The first-order valence-electron chi connectivity index (χ1n) is 7.35. The van der Waals surface area contributed by atoms with Gasteiger partial charge in [-0.2, -0.15) is 0 Å². The van der Waals surface area contributed by atoms with Crippen molar-refractivity contribution in [1.82, 2.24) is 15.3 Å². The molecule has 0 bridgehead atoms. The number of nitrogens with zero attached hydrogens (tertiary/aromatic N) is 3. The molecule has 1 N–H and O–H groups in total. The third kappa shape index (κ3) is 3.17. The fourth-order valence-electron chi connectivity index (χ4n) is 2.54. The zero-order valence-corrected chi connectivity index (χ0v) is 12.9. The Bertz CT molecular complexity index is 606. The van der Waals surface area contributed by atoms with E-state index in [1.807, 2.05) is 30.5 Å². The van der Waals surface area contributed by atoms with Crippen molar-refractivity contribution in [3.05, 3.63) is 41.3 Å². The fourth-order valence-corrected chi connectivity index (χ4v) is 2.67. The highest BCUT2D eigenvalue weighted by molar-refractivity contribution is 6.30. The average molecular weight is 303 g/mol. The average Bonchev–Trinajstić information content (AvgIpc) is 2.56. The van der Waals surface area contributed by atoms with Gasteiger partial charge in [0, 0.05) is 43.2 Å². The van der Waals surface area contributed by atoms with Crippen LogP contribution in [0.25, 0.3) is 11.3 Å². The van der Waals surface area contributed by atoms with Crippen LogP contribution in [0.2, 0.25) is 5.02 Å². The number of halogens is 1. The third-order valence-corrected chi connectivity index (χ3v) is 3.96. The van der Waals surface area contributed by atoms with Gasteiger partial charge < -0.3 is 10.2 Å². The summed E-state index contributed by atoms with van der Waals surface area (Å²) in [7, 11) is 0. The number of piperazine rings is 1. The Hall–Kier alpha value is -1.65. The van der Waals surface area contributed by atoms with E-state index in [-0.39, 0.29) is 0 Å². The van der Waals surface area contributed by atoms with Crippen LogP contribution in [-0.2, 0) is 6.42 Å². The molecule has 0 saturated carbocycles. The van der Waals surface area contributed by atoms with Gasteiger partial charge in [-0.15, -0.1) is 0 Å². The summed E-state index contributed by atoms with van der Waals surface area (Å²) in [5.41, 5.74) is 3.20. The first kappa shape index (κ1) is 14.3. The SMILES string of the molecule is CCc1ncc(N2CCNCC2)c(-c2ccc(Cl)cc2)n1. The highest BCUT2D eigenvalue weighted by atomic mass is 35.5. The van der Waals surface area contributed by atoms with Crippen LogP contribution in [0.1, 0.15) is 12.7 Å². The quantitative estimate of drug-likeness (QED) is 0.946. The predicted octanol–water partition coefficient (Wildman–Crippen LogP) is 2.77. The molecule has 0 radical (unpaired) electrons. The molecule has 2 heterocycles. The zero-order chi connectivity index (χ0) is 14.7. The van der Waals surface area contributed by atoms with Crippen LogP contribution in [0, 0.1) is 0 Å². The van der Waals surface area contributed by atoms with Crippen LogP contribution in [-0.4, -0.2) is 36.1 Å². The number of hydrogen-bond acceptors (Lipinski definition) is 4. The topological polar surface area (TPSA) is 41.1 Å². The molecule has 110 valence electrons. The number of nitrogens with one attached hydrogen (secondary N) is 1. The first-order chi connectivity index (χ1) is 10.3. The molecule has 1 fully saturated rings. The molecule has 1 aromatic heterocycles. The van der Waals surface area contributed by atoms with Crippen LogP contribution in [0.4, 0.5) is 5.69 Å². The minimum absolute atomic E-state index is 0.743. The molecule has 21 heavy (non-hydrogen) atoms. The Kier molecular flexibility index (Phi) is 4.36. The number of anilines is 1. The van der Waals surface area contributed by atoms with E-state index < -0.39 is 0 Å². The molecule has 4 nitrogen and oxygen atoms in total. The molecule has 2 aromatic rings. The second-order valence-electron chi connectivity index (χ2n) is 5.12.